The number of rotatable bonds is 21. The summed E-state index contributed by atoms with van der Waals surface area (Å²) in [7, 11) is 0. The molecule has 0 atom stereocenters. The van der Waals surface area contributed by atoms with Crippen LogP contribution in [-0.2, 0) is 33.6 Å². The minimum Gasteiger partial charge on any atom is -0.481 e. The average molecular weight is 568 g/mol. The molecular weight excluding hydrogens is 530 g/mol. The first-order chi connectivity index (χ1) is 18.9. The number of nitrogens with zero attached hydrogens (tertiary/aromatic N) is 1. The standard InChI is InChI=1S/C26H37N3O9S/c1-19-20(2)39-26(27-19)29-25(33)21-7-3-4-8-22(21)28-23(30)10-12-37-38-18-17-36-16-15-35-14-13-34-11-6-5-9-24(31)32/h3-4,7-8H,5-6,9-18H2,1-2H3,(H,28,30)(H,31,32)(H,27,29,33). The number of aliphatic carboxylic acids is 1. The molecule has 0 radical (unpaired) electrons. The molecule has 0 aliphatic rings. The molecule has 2 aromatic rings. The molecule has 2 amide bonds. The minimum atomic E-state index is -0.794. The van der Waals surface area contributed by atoms with Gasteiger partial charge in [-0.3, -0.25) is 19.7 Å². The number of nitrogens with one attached hydrogen (secondary N) is 2. The molecule has 39 heavy (non-hydrogen) atoms. The van der Waals surface area contributed by atoms with Gasteiger partial charge in [0.1, 0.15) is 6.61 Å². The highest BCUT2D eigenvalue weighted by atomic mass is 32.1. The first-order valence-corrected chi connectivity index (χ1v) is 13.5. The van der Waals surface area contributed by atoms with E-state index >= 15 is 0 Å². The SMILES string of the molecule is Cc1nc(NC(=O)c2ccccc2NC(=O)CCOOCCOCCOCCOCCCCC(=O)O)sc1C. The maximum absolute atomic E-state index is 12.7. The average Bonchev–Trinajstić information content (AvgIpc) is 3.22. The van der Waals surface area contributed by atoms with Crippen LogP contribution in [0.25, 0.3) is 0 Å². The molecule has 1 aromatic carbocycles. The van der Waals surface area contributed by atoms with E-state index in [1.54, 1.807) is 24.3 Å². The molecule has 0 fully saturated rings. The first-order valence-electron chi connectivity index (χ1n) is 12.7. The van der Waals surface area contributed by atoms with Gasteiger partial charge in [-0.2, -0.15) is 0 Å². The van der Waals surface area contributed by atoms with Gasteiger partial charge in [0.05, 0.1) is 63.0 Å². The second kappa shape index (κ2) is 19.2. The van der Waals surface area contributed by atoms with Crippen molar-refractivity contribution in [2.75, 3.05) is 63.5 Å². The van der Waals surface area contributed by atoms with Crippen LogP contribution in [0.3, 0.4) is 0 Å². The van der Waals surface area contributed by atoms with Gasteiger partial charge < -0.3 is 24.6 Å². The fraction of sp³-hybridized carbons (Fsp3) is 0.538. The molecule has 1 aromatic heterocycles. The van der Waals surface area contributed by atoms with Crippen LogP contribution in [0.4, 0.5) is 10.8 Å². The van der Waals surface area contributed by atoms with E-state index in [-0.39, 0.29) is 37.9 Å². The number of carbonyl (C=O) groups excluding carboxylic acids is 2. The van der Waals surface area contributed by atoms with Crippen molar-refractivity contribution in [1.29, 1.82) is 0 Å². The fourth-order valence-corrected chi connectivity index (χ4v) is 3.87. The quantitative estimate of drug-likeness (QED) is 0.116. The van der Waals surface area contributed by atoms with E-state index in [1.807, 2.05) is 13.8 Å². The van der Waals surface area contributed by atoms with Gasteiger partial charge in [0.15, 0.2) is 5.13 Å². The minimum absolute atomic E-state index is 0.0388. The zero-order valence-corrected chi connectivity index (χ0v) is 23.2. The molecule has 216 valence electrons. The van der Waals surface area contributed by atoms with Crippen LogP contribution >= 0.6 is 11.3 Å². The van der Waals surface area contributed by atoms with Crippen molar-refractivity contribution in [1.82, 2.24) is 4.98 Å². The van der Waals surface area contributed by atoms with Gasteiger partial charge in [-0.25, -0.2) is 14.8 Å². The zero-order valence-electron chi connectivity index (χ0n) is 22.4. The number of ether oxygens (including phenoxy) is 3. The molecule has 12 nitrogen and oxygen atoms in total. The number of carboxylic acids is 1. The highest BCUT2D eigenvalue weighted by Gasteiger charge is 2.15. The second-order valence-electron chi connectivity index (χ2n) is 8.29. The first kappa shape index (κ1) is 32.3. The lowest BCUT2D eigenvalue weighted by atomic mass is 10.1. The molecular formula is C26H37N3O9S. The summed E-state index contributed by atoms with van der Waals surface area (Å²) in [5.41, 5.74) is 1.58. The Morgan fingerprint density at radius 3 is 2.13 bits per heavy atom. The molecule has 1 heterocycles. The van der Waals surface area contributed by atoms with Gasteiger partial charge in [0.25, 0.3) is 5.91 Å². The van der Waals surface area contributed by atoms with Gasteiger partial charge in [0, 0.05) is 17.9 Å². The lowest BCUT2D eigenvalue weighted by molar-refractivity contribution is -0.298. The fourth-order valence-electron chi connectivity index (χ4n) is 3.06. The summed E-state index contributed by atoms with van der Waals surface area (Å²) in [5.74, 6) is -1.47. The predicted octanol–water partition coefficient (Wildman–Crippen LogP) is 3.59. The Morgan fingerprint density at radius 2 is 1.46 bits per heavy atom. The Hall–Kier alpha value is -2.94. The van der Waals surface area contributed by atoms with Crippen molar-refractivity contribution in [3.63, 3.8) is 0 Å². The molecule has 0 unspecified atom stereocenters. The Balaban J connectivity index is 1.47. The van der Waals surface area contributed by atoms with E-state index in [9.17, 15) is 14.4 Å². The molecule has 0 saturated heterocycles. The predicted molar refractivity (Wildman–Crippen MR) is 145 cm³/mol. The van der Waals surface area contributed by atoms with E-state index in [2.05, 4.69) is 15.6 Å². The van der Waals surface area contributed by atoms with Crippen LogP contribution in [0.5, 0.6) is 0 Å². The van der Waals surface area contributed by atoms with E-state index < -0.39 is 5.97 Å². The summed E-state index contributed by atoms with van der Waals surface area (Å²) in [6.45, 7) is 6.54. The van der Waals surface area contributed by atoms with Crippen molar-refractivity contribution in [3.05, 3.63) is 40.4 Å². The number of amides is 2. The third kappa shape index (κ3) is 14.1. The van der Waals surface area contributed by atoms with Crippen LogP contribution in [-0.4, -0.2) is 80.7 Å². The largest absolute Gasteiger partial charge is 0.481 e. The number of benzene rings is 1. The summed E-state index contributed by atoms with van der Waals surface area (Å²) in [6.07, 6.45) is 1.51. The number of hydrogen-bond acceptors (Lipinski definition) is 10. The summed E-state index contributed by atoms with van der Waals surface area (Å²) >= 11 is 1.39. The van der Waals surface area contributed by atoms with Crippen molar-refractivity contribution in [2.45, 2.75) is 39.5 Å². The number of unbranched alkanes of at least 4 members (excludes halogenated alkanes) is 1. The third-order valence-electron chi connectivity index (χ3n) is 5.17. The van der Waals surface area contributed by atoms with Crippen molar-refractivity contribution in [2.24, 2.45) is 0 Å². The maximum atomic E-state index is 12.7. The Kier molecular flexibility index (Phi) is 15.9. The molecule has 0 bridgehead atoms. The molecule has 2 rings (SSSR count). The van der Waals surface area contributed by atoms with Gasteiger partial charge in [0.2, 0.25) is 5.91 Å². The number of hydrogen-bond donors (Lipinski definition) is 3. The Bertz CT molecular complexity index is 1010. The maximum Gasteiger partial charge on any atom is 0.303 e. The van der Waals surface area contributed by atoms with Crippen LogP contribution in [0.2, 0.25) is 0 Å². The monoisotopic (exact) mass is 567 g/mol. The van der Waals surface area contributed by atoms with Crippen molar-refractivity contribution in [3.8, 4) is 0 Å². The summed E-state index contributed by atoms with van der Waals surface area (Å²) in [6, 6.07) is 6.74. The lowest BCUT2D eigenvalue weighted by Gasteiger charge is -2.11. The van der Waals surface area contributed by atoms with Crippen molar-refractivity contribution >= 4 is 39.9 Å². The van der Waals surface area contributed by atoms with Crippen LogP contribution in [0.15, 0.2) is 24.3 Å². The van der Waals surface area contributed by atoms with Crippen LogP contribution in [0.1, 0.15) is 46.6 Å². The summed E-state index contributed by atoms with van der Waals surface area (Å²) in [4.78, 5) is 50.8. The molecule has 0 saturated carbocycles. The summed E-state index contributed by atoms with van der Waals surface area (Å²) in [5, 5.41) is 14.5. The van der Waals surface area contributed by atoms with Crippen molar-refractivity contribution < 1.29 is 43.5 Å². The smallest absolute Gasteiger partial charge is 0.303 e. The van der Waals surface area contributed by atoms with Crippen LogP contribution < -0.4 is 10.6 Å². The van der Waals surface area contributed by atoms with Crippen LogP contribution in [0, 0.1) is 13.8 Å². The van der Waals surface area contributed by atoms with Gasteiger partial charge >= 0.3 is 5.97 Å². The Morgan fingerprint density at radius 1 is 0.821 bits per heavy atom. The topological polar surface area (TPSA) is 155 Å². The number of thiazole rings is 1. The zero-order chi connectivity index (χ0) is 28.3. The third-order valence-corrected chi connectivity index (χ3v) is 6.16. The van der Waals surface area contributed by atoms with Gasteiger partial charge in [-0.1, -0.05) is 12.1 Å². The number of carboxylic acid groups (broad SMARTS) is 1. The van der Waals surface area contributed by atoms with E-state index in [4.69, 9.17) is 29.1 Å². The molecule has 0 spiro atoms. The molecule has 3 N–H and O–H groups in total. The van der Waals surface area contributed by atoms with Gasteiger partial charge in [-0.15, -0.1) is 11.3 Å². The lowest BCUT2D eigenvalue weighted by Crippen LogP contribution is -2.19. The number of para-hydroxylation sites is 1. The highest BCUT2D eigenvalue weighted by molar-refractivity contribution is 7.15. The number of anilines is 2. The highest BCUT2D eigenvalue weighted by Crippen LogP contribution is 2.23. The van der Waals surface area contributed by atoms with Gasteiger partial charge in [-0.05, 0) is 38.8 Å². The number of aryl methyl sites for hydroxylation is 2. The van der Waals surface area contributed by atoms with E-state index in [0.717, 1.165) is 10.6 Å². The number of aromatic nitrogens is 1. The summed E-state index contributed by atoms with van der Waals surface area (Å²) < 4.78 is 16.1. The molecule has 13 heteroatoms. The second-order valence-corrected chi connectivity index (χ2v) is 9.49. The van der Waals surface area contributed by atoms with E-state index in [0.29, 0.717) is 68.9 Å². The normalized spacial score (nSPS) is 10.9. The number of carbonyl (C=O) groups is 3. The molecule has 0 aliphatic carbocycles. The Labute approximate surface area is 231 Å². The van der Waals surface area contributed by atoms with E-state index in [1.165, 1.54) is 11.3 Å². The molecule has 0 aliphatic heterocycles.